The molecule has 1 aliphatic heterocycles. The van der Waals surface area contributed by atoms with E-state index in [0.29, 0.717) is 5.56 Å². The fourth-order valence-electron chi connectivity index (χ4n) is 1.36. The minimum absolute atomic E-state index is 0.129. The Morgan fingerprint density at radius 1 is 1.22 bits per heavy atom. The van der Waals surface area contributed by atoms with Crippen LogP contribution in [-0.2, 0) is 9.53 Å². The minimum Gasteiger partial charge on any atom is -0.504 e. The smallest absolute Gasteiger partial charge is 0.419 e. The molecule has 6 nitrogen and oxygen atoms in total. The van der Waals surface area contributed by atoms with E-state index in [2.05, 4.69) is 4.74 Å². The molecule has 0 aromatic heterocycles. The van der Waals surface area contributed by atoms with Crippen molar-refractivity contribution in [2.45, 2.75) is 0 Å². The van der Waals surface area contributed by atoms with Crippen molar-refractivity contribution in [1.82, 2.24) is 5.32 Å². The number of para-hydroxylation sites is 1. The van der Waals surface area contributed by atoms with Gasteiger partial charge in [0.1, 0.15) is 0 Å². The van der Waals surface area contributed by atoms with Crippen molar-refractivity contribution in [1.29, 1.82) is 0 Å². The SMILES string of the molecule is O=C1NC(=O)C(=CC=Cc2cccc(O)c2O)O1. The first kappa shape index (κ1) is 11.7. The number of hydrogen-bond acceptors (Lipinski definition) is 5. The minimum atomic E-state index is -0.820. The highest BCUT2D eigenvalue weighted by Gasteiger charge is 2.25. The Hall–Kier alpha value is -2.76. The number of benzene rings is 1. The van der Waals surface area contributed by atoms with Crippen molar-refractivity contribution in [2.24, 2.45) is 0 Å². The molecule has 1 fully saturated rings. The van der Waals surface area contributed by atoms with Gasteiger partial charge in [0.25, 0.3) is 5.91 Å². The number of imide groups is 1. The van der Waals surface area contributed by atoms with Crippen LogP contribution >= 0.6 is 0 Å². The number of allylic oxidation sites excluding steroid dienone is 2. The lowest BCUT2D eigenvalue weighted by Crippen LogP contribution is -2.18. The van der Waals surface area contributed by atoms with Crippen LogP contribution in [0.25, 0.3) is 6.08 Å². The first-order valence-electron chi connectivity index (χ1n) is 5.00. The molecule has 2 amide bonds. The van der Waals surface area contributed by atoms with E-state index >= 15 is 0 Å². The molecular weight excluding hydrogens is 238 g/mol. The van der Waals surface area contributed by atoms with E-state index in [4.69, 9.17) is 0 Å². The highest BCUT2D eigenvalue weighted by atomic mass is 16.6. The van der Waals surface area contributed by atoms with Crippen molar-refractivity contribution in [3.05, 3.63) is 41.7 Å². The van der Waals surface area contributed by atoms with Crippen molar-refractivity contribution in [2.75, 3.05) is 0 Å². The molecule has 1 heterocycles. The number of amides is 2. The molecule has 3 N–H and O–H groups in total. The van der Waals surface area contributed by atoms with Crippen LogP contribution in [0.15, 0.2) is 36.1 Å². The largest absolute Gasteiger partial charge is 0.504 e. The van der Waals surface area contributed by atoms with Crippen LogP contribution < -0.4 is 5.32 Å². The fourth-order valence-corrected chi connectivity index (χ4v) is 1.36. The Morgan fingerprint density at radius 2 is 2.00 bits per heavy atom. The lowest BCUT2D eigenvalue weighted by Gasteiger charge is -1.99. The molecular formula is C12H9NO5. The molecule has 18 heavy (non-hydrogen) atoms. The highest BCUT2D eigenvalue weighted by Crippen LogP contribution is 2.29. The summed E-state index contributed by atoms with van der Waals surface area (Å²) in [6, 6.07) is 4.48. The molecule has 0 saturated carbocycles. The first-order chi connectivity index (χ1) is 8.58. The van der Waals surface area contributed by atoms with E-state index in [1.54, 1.807) is 12.1 Å². The van der Waals surface area contributed by atoms with Gasteiger partial charge in [0.2, 0.25) is 0 Å². The molecule has 1 aromatic carbocycles. The predicted molar refractivity (Wildman–Crippen MR) is 61.5 cm³/mol. The van der Waals surface area contributed by atoms with E-state index in [9.17, 15) is 19.8 Å². The molecule has 1 aliphatic rings. The quantitative estimate of drug-likeness (QED) is 0.540. The highest BCUT2D eigenvalue weighted by molar-refractivity contribution is 6.07. The van der Waals surface area contributed by atoms with Crippen LogP contribution in [0, 0.1) is 0 Å². The second-order valence-corrected chi connectivity index (χ2v) is 3.45. The molecule has 1 aromatic rings. The van der Waals surface area contributed by atoms with Gasteiger partial charge in [0.15, 0.2) is 17.3 Å². The van der Waals surface area contributed by atoms with E-state index < -0.39 is 12.0 Å². The van der Waals surface area contributed by atoms with Crippen LogP contribution in [-0.4, -0.2) is 22.2 Å². The van der Waals surface area contributed by atoms with Crippen molar-refractivity contribution in [3.63, 3.8) is 0 Å². The second kappa shape index (κ2) is 4.62. The number of aromatic hydroxyl groups is 2. The zero-order chi connectivity index (χ0) is 13.1. The first-order valence-corrected chi connectivity index (χ1v) is 5.00. The van der Waals surface area contributed by atoms with Gasteiger partial charge >= 0.3 is 6.09 Å². The van der Waals surface area contributed by atoms with Gasteiger partial charge in [-0.25, -0.2) is 4.79 Å². The lowest BCUT2D eigenvalue weighted by molar-refractivity contribution is -0.116. The number of rotatable bonds is 2. The second-order valence-electron chi connectivity index (χ2n) is 3.45. The van der Waals surface area contributed by atoms with Crippen LogP contribution in [0.5, 0.6) is 11.5 Å². The summed E-state index contributed by atoms with van der Waals surface area (Å²) in [6.45, 7) is 0. The number of hydrogen-bond donors (Lipinski definition) is 3. The van der Waals surface area contributed by atoms with Crippen molar-refractivity contribution >= 4 is 18.1 Å². The average molecular weight is 247 g/mol. The van der Waals surface area contributed by atoms with Gasteiger partial charge in [-0.1, -0.05) is 24.3 Å². The van der Waals surface area contributed by atoms with Crippen LogP contribution in [0.1, 0.15) is 5.56 Å². The van der Waals surface area contributed by atoms with Gasteiger partial charge in [-0.15, -0.1) is 0 Å². The van der Waals surface area contributed by atoms with E-state index in [0.717, 1.165) is 0 Å². The molecule has 0 unspecified atom stereocenters. The van der Waals surface area contributed by atoms with Crippen LogP contribution in [0.2, 0.25) is 0 Å². The Balaban J connectivity index is 2.17. The number of cyclic esters (lactones) is 1. The summed E-state index contributed by atoms with van der Waals surface area (Å²) < 4.78 is 4.56. The summed E-state index contributed by atoms with van der Waals surface area (Å²) in [6.07, 6.45) is 3.34. The normalized spacial score (nSPS) is 17.2. The third kappa shape index (κ3) is 2.32. The van der Waals surface area contributed by atoms with E-state index in [1.165, 1.54) is 24.3 Å². The topological polar surface area (TPSA) is 95.9 Å². The third-order valence-corrected chi connectivity index (χ3v) is 2.21. The maximum atomic E-state index is 11.1. The number of ether oxygens (including phenoxy) is 1. The fraction of sp³-hybridized carbons (Fsp3) is 0. The Kier molecular flexibility index (Phi) is 3.01. The van der Waals surface area contributed by atoms with Crippen LogP contribution in [0.4, 0.5) is 4.79 Å². The maximum Gasteiger partial charge on any atom is 0.419 e. The summed E-state index contributed by atoms with van der Waals surface area (Å²) in [5.74, 6) is -1.25. The van der Waals surface area contributed by atoms with Gasteiger partial charge in [0.05, 0.1) is 0 Å². The number of nitrogens with one attached hydrogen (secondary N) is 1. The van der Waals surface area contributed by atoms with Gasteiger partial charge < -0.3 is 14.9 Å². The number of alkyl carbamates (subject to hydrolysis) is 1. The Bertz CT molecular complexity index is 574. The molecule has 6 heteroatoms. The zero-order valence-electron chi connectivity index (χ0n) is 9.08. The molecule has 0 aliphatic carbocycles. The van der Waals surface area contributed by atoms with E-state index in [1.807, 2.05) is 5.32 Å². The molecule has 0 bridgehead atoms. The maximum absolute atomic E-state index is 11.1. The van der Waals surface area contributed by atoms with Gasteiger partial charge in [-0.2, -0.15) is 0 Å². The number of carbonyl (C=O) groups excluding carboxylic acids is 2. The average Bonchev–Trinajstić information content (AvgIpc) is 2.63. The Labute approximate surface area is 102 Å². The van der Waals surface area contributed by atoms with E-state index in [-0.39, 0.29) is 17.3 Å². The summed E-state index contributed by atoms with van der Waals surface area (Å²) in [4.78, 5) is 21.8. The molecule has 2 rings (SSSR count). The summed E-state index contributed by atoms with van der Waals surface area (Å²) in [5.41, 5.74) is 0.372. The van der Waals surface area contributed by atoms with Gasteiger partial charge in [0, 0.05) is 5.56 Å². The standard InChI is InChI=1S/C12H9NO5/c14-8-5-1-3-7(10(8)15)4-2-6-9-11(16)13-12(17)18-9/h1-6,14-15H,(H,13,16,17). The number of carbonyl (C=O) groups is 2. The molecule has 0 radical (unpaired) electrons. The van der Waals surface area contributed by atoms with Crippen molar-refractivity contribution in [3.8, 4) is 11.5 Å². The van der Waals surface area contributed by atoms with Crippen LogP contribution in [0.3, 0.4) is 0 Å². The van der Waals surface area contributed by atoms with Crippen molar-refractivity contribution < 1.29 is 24.5 Å². The van der Waals surface area contributed by atoms with Gasteiger partial charge in [-0.05, 0) is 12.1 Å². The lowest BCUT2D eigenvalue weighted by atomic mass is 10.1. The number of phenols is 2. The summed E-state index contributed by atoms with van der Waals surface area (Å²) >= 11 is 0. The zero-order valence-corrected chi connectivity index (χ0v) is 9.08. The number of phenolic OH excluding ortho intramolecular Hbond substituents is 2. The summed E-state index contributed by atoms with van der Waals surface area (Å²) in [7, 11) is 0. The third-order valence-electron chi connectivity index (χ3n) is 2.21. The molecule has 1 saturated heterocycles. The Morgan fingerprint density at radius 3 is 2.67 bits per heavy atom. The monoisotopic (exact) mass is 247 g/mol. The molecule has 0 spiro atoms. The molecule has 92 valence electrons. The molecule has 0 atom stereocenters. The predicted octanol–water partition coefficient (Wildman–Crippen LogP) is 1.26. The van der Waals surface area contributed by atoms with Gasteiger partial charge in [-0.3, -0.25) is 10.1 Å². The summed E-state index contributed by atoms with van der Waals surface area (Å²) in [5, 5.41) is 20.7.